The number of benzene rings is 8. The number of hydrogen-bond donors (Lipinski definition) is 0. The first kappa shape index (κ1) is 31.3. The Morgan fingerprint density at radius 1 is 0.293 bits per heavy atom. The van der Waals surface area contributed by atoms with Crippen LogP contribution in [0, 0.1) is 0 Å². The summed E-state index contributed by atoms with van der Waals surface area (Å²) in [4.78, 5) is 4.94. The van der Waals surface area contributed by atoms with Gasteiger partial charge in [0.2, 0.25) is 0 Å². The van der Waals surface area contributed by atoms with Crippen LogP contribution in [0.15, 0.2) is 197 Å². The van der Waals surface area contributed by atoms with Gasteiger partial charge >= 0.3 is 0 Å². The second kappa shape index (κ2) is 11.8. The molecule has 13 rings (SSSR count). The van der Waals surface area contributed by atoms with E-state index in [1.54, 1.807) is 0 Å². The third-order valence-electron chi connectivity index (χ3n) is 12.0. The van der Waals surface area contributed by atoms with Crippen LogP contribution in [0.2, 0.25) is 0 Å². The molecule has 0 atom stereocenters. The van der Waals surface area contributed by atoms with Crippen LogP contribution in [-0.4, -0.2) is 14.1 Å². The van der Waals surface area contributed by atoms with Gasteiger partial charge in [-0.15, -0.1) is 0 Å². The summed E-state index contributed by atoms with van der Waals surface area (Å²) < 4.78 is 17.1. The van der Waals surface area contributed by atoms with Crippen LogP contribution < -0.4 is 0 Å². The molecule has 0 fully saturated rings. The topological polar surface area (TPSA) is 49.0 Å². The molecular weight excluding hydrogens is 711 g/mol. The molecule has 5 nitrogen and oxygen atoms in total. The Morgan fingerprint density at radius 3 is 1.17 bits per heavy atom. The molecule has 58 heavy (non-hydrogen) atoms. The Balaban J connectivity index is 0.995. The molecule has 5 heterocycles. The molecule has 8 aromatic carbocycles. The number of hydrogen-bond acceptors (Lipinski definition) is 3. The molecule has 0 bridgehead atoms. The molecule has 0 amide bonds. The monoisotopic (exact) mass is 741 g/mol. The largest absolute Gasteiger partial charge is 0.456 e. The quantitative estimate of drug-likeness (QED) is 0.180. The summed E-state index contributed by atoms with van der Waals surface area (Å²) in [6.45, 7) is 0. The zero-order chi connectivity index (χ0) is 37.9. The van der Waals surface area contributed by atoms with Crippen LogP contribution in [0.3, 0.4) is 0 Å². The second-order valence-electron chi connectivity index (χ2n) is 15.2. The van der Waals surface area contributed by atoms with Crippen LogP contribution in [0.5, 0.6) is 0 Å². The van der Waals surface area contributed by atoms with Gasteiger partial charge in [0.15, 0.2) is 0 Å². The molecule has 0 aliphatic rings. The van der Waals surface area contributed by atoms with Gasteiger partial charge in [-0.25, -0.2) is 0 Å². The van der Waals surface area contributed by atoms with Crippen LogP contribution in [0.25, 0.3) is 121 Å². The van der Waals surface area contributed by atoms with E-state index in [0.717, 1.165) is 99.6 Å². The third-order valence-corrected chi connectivity index (χ3v) is 12.0. The highest BCUT2D eigenvalue weighted by Gasteiger charge is 2.18. The summed E-state index contributed by atoms with van der Waals surface area (Å²) >= 11 is 0. The number of nitrogens with zero attached hydrogens (tertiary/aromatic N) is 3. The lowest BCUT2D eigenvalue weighted by Gasteiger charge is -2.13. The summed E-state index contributed by atoms with van der Waals surface area (Å²) in [5, 5.41) is 9.30. The molecule has 0 N–H and O–H groups in total. The highest BCUT2D eigenvalue weighted by atomic mass is 16.3. The first-order valence-corrected chi connectivity index (χ1v) is 19.6. The molecule has 0 saturated heterocycles. The normalized spacial score (nSPS) is 12.1. The Hall–Kier alpha value is -7.89. The minimum Gasteiger partial charge on any atom is -0.456 e. The minimum absolute atomic E-state index is 0.896. The van der Waals surface area contributed by atoms with E-state index in [9.17, 15) is 0 Å². The van der Waals surface area contributed by atoms with E-state index >= 15 is 0 Å². The van der Waals surface area contributed by atoms with Gasteiger partial charge in [-0.3, -0.25) is 4.98 Å². The predicted octanol–water partition coefficient (Wildman–Crippen LogP) is 14.4. The van der Waals surface area contributed by atoms with E-state index < -0.39 is 0 Å². The van der Waals surface area contributed by atoms with E-state index in [1.165, 1.54) is 21.5 Å². The van der Waals surface area contributed by atoms with E-state index in [4.69, 9.17) is 13.8 Å². The van der Waals surface area contributed by atoms with E-state index in [1.807, 2.05) is 36.7 Å². The third kappa shape index (κ3) is 4.50. The number of pyridine rings is 1. The van der Waals surface area contributed by atoms with Crippen molar-refractivity contribution in [3.05, 3.63) is 188 Å². The van der Waals surface area contributed by atoms with Crippen molar-refractivity contribution in [3.63, 3.8) is 0 Å². The van der Waals surface area contributed by atoms with Gasteiger partial charge in [-0.1, -0.05) is 109 Å². The number of para-hydroxylation sites is 4. The molecule has 0 aliphatic heterocycles. The number of fused-ring (bicyclic) bond motifs is 12. The molecule has 0 unspecified atom stereocenters. The number of rotatable bonds is 4. The fraction of sp³-hybridized carbons (Fsp3) is 0. The molecule has 0 radical (unpaired) electrons. The van der Waals surface area contributed by atoms with Crippen LogP contribution in [0.1, 0.15) is 0 Å². The van der Waals surface area contributed by atoms with Gasteiger partial charge in [-0.2, -0.15) is 0 Å². The van der Waals surface area contributed by atoms with Gasteiger partial charge in [0.05, 0.1) is 45.8 Å². The molecule has 13 aromatic rings. The lowest BCUT2D eigenvalue weighted by Crippen LogP contribution is -2.00. The second-order valence-corrected chi connectivity index (χ2v) is 15.2. The standard InChI is InChI=1S/C53H31N3O2/c1-5-13-46-38(9-1)40-21-17-34(32-19-23-52-44(25-32)42-11-3-7-15-50(42)57-52)27-48(40)55(46)36-29-37(31-54-30-36)56-47-14-6-2-10-39(47)41-22-18-35(28-49(41)56)33-20-24-53-45(26-33)43-12-4-8-16-51(43)58-53/h1-31H. The number of furan rings is 2. The maximum atomic E-state index is 6.16. The molecule has 5 aromatic heterocycles. The van der Waals surface area contributed by atoms with Crippen molar-refractivity contribution in [1.29, 1.82) is 0 Å². The van der Waals surface area contributed by atoms with Gasteiger partial charge in [0.25, 0.3) is 0 Å². The molecule has 0 saturated carbocycles. The first-order chi connectivity index (χ1) is 28.7. The minimum atomic E-state index is 0.896. The van der Waals surface area contributed by atoms with Crippen molar-refractivity contribution in [3.8, 4) is 33.6 Å². The fourth-order valence-electron chi connectivity index (χ4n) is 9.33. The maximum absolute atomic E-state index is 6.16. The first-order valence-electron chi connectivity index (χ1n) is 19.6. The summed E-state index contributed by atoms with van der Waals surface area (Å²) in [7, 11) is 0. The average Bonchev–Trinajstić information content (AvgIpc) is 4.03. The average molecular weight is 742 g/mol. The van der Waals surface area contributed by atoms with Crippen molar-refractivity contribution >= 4 is 87.5 Å². The fourth-order valence-corrected chi connectivity index (χ4v) is 9.33. The van der Waals surface area contributed by atoms with Crippen LogP contribution in [0.4, 0.5) is 0 Å². The maximum Gasteiger partial charge on any atom is 0.135 e. The highest BCUT2D eigenvalue weighted by Crippen LogP contribution is 2.40. The van der Waals surface area contributed by atoms with Gasteiger partial charge < -0.3 is 18.0 Å². The summed E-state index contributed by atoms with van der Waals surface area (Å²) in [6, 6.07) is 62.7. The van der Waals surface area contributed by atoms with E-state index in [0.29, 0.717) is 0 Å². The van der Waals surface area contributed by atoms with Crippen molar-refractivity contribution in [2.45, 2.75) is 0 Å². The predicted molar refractivity (Wildman–Crippen MR) is 238 cm³/mol. The van der Waals surface area contributed by atoms with Crippen LogP contribution in [-0.2, 0) is 0 Å². The van der Waals surface area contributed by atoms with Gasteiger partial charge in [0.1, 0.15) is 22.3 Å². The summed E-state index contributed by atoms with van der Waals surface area (Å²) in [5.74, 6) is 0. The Kier molecular flexibility index (Phi) is 6.38. The zero-order valence-electron chi connectivity index (χ0n) is 31.1. The highest BCUT2D eigenvalue weighted by molar-refractivity contribution is 6.13. The lowest BCUT2D eigenvalue weighted by molar-refractivity contribution is 0.668. The van der Waals surface area contributed by atoms with Crippen molar-refractivity contribution in [2.24, 2.45) is 0 Å². The number of aromatic nitrogens is 3. The van der Waals surface area contributed by atoms with E-state index in [-0.39, 0.29) is 0 Å². The Labute approximate surface area is 331 Å². The zero-order valence-corrected chi connectivity index (χ0v) is 31.1. The van der Waals surface area contributed by atoms with Crippen LogP contribution >= 0.6 is 0 Å². The summed E-state index contributed by atoms with van der Waals surface area (Å²) in [5.41, 5.74) is 14.7. The van der Waals surface area contributed by atoms with Gasteiger partial charge in [-0.05, 0) is 89.0 Å². The van der Waals surface area contributed by atoms with Crippen molar-refractivity contribution in [1.82, 2.24) is 14.1 Å². The lowest BCUT2D eigenvalue weighted by atomic mass is 10.0. The smallest absolute Gasteiger partial charge is 0.135 e. The Morgan fingerprint density at radius 2 is 0.672 bits per heavy atom. The van der Waals surface area contributed by atoms with Gasteiger partial charge in [0, 0.05) is 43.1 Å². The SMILES string of the molecule is c1ccc2c(c1)oc1ccc(-c3ccc4c5ccccc5n(-c5cncc(-n6c7ccccc7c7ccc(-c8ccc9oc%10ccccc%10c9c8)cc76)c5)c4c3)cc12. The molecule has 270 valence electrons. The molecule has 0 aliphatic carbocycles. The van der Waals surface area contributed by atoms with Crippen molar-refractivity contribution in [2.75, 3.05) is 0 Å². The molecule has 5 heteroatoms. The van der Waals surface area contributed by atoms with E-state index in [2.05, 4.69) is 161 Å². The molecular formula is C53H31N3O2. The molecule has 0 spiro atoms. The summed E-state index contributed by atoms with van der Waals surface area (Å²) in [6.07, 6.45) is 3.96. The Bertz CT molecular complexity index is 3570. The van der Waals surface area contributed by atoms with Crippen molar-refractivity contribution < 1.29 is 8.83 Å².